The molecule has 2 saturated carbocycles. The lowest BCUT2D eigenvalue weighted by atomic mass is 9.85. The Bertz CT molecular complexity index is 590. The van der Waals surface area contributed by atoms with Gasteiger partial charge in [-0.25, -0.2) is 0 Å². The molecule has 4 rings (SSSR count). The number of halogens is 1. The van der Waals surface area contributed by atoms with Gasteiger partial charge in [-0.1, -0.05) is 12.8 Å². The Kier molecular flexibility index (Phi) is 6.31. The molecule has 2 aliphatic heterocycles. The summed E-state index contributed by atoms with van der Waals surface area (Å²) in [6.07, 6.45) is 7.08. The van der Waals surface area contributed by atoms with Gasteiger partial charge in [0.2, 0.25) is 11.8 Å². The molecule has 0 bridgehead atoms. The molecule has 3 atom stereocenters. The van der Waals surface area contributed by atoms with E-state index in [1.165, 1.54) is 6.42 Å². The third-order valence-corrected chi connectivity index (χ3v) is 6.69. The fourth-order valence-corrected chi connectivity index (χ4v) is 5.04. The zero-order valence-corrected chi connectivity index (χ0v) is 16.5. The average Bonchev–Trinajstić information content (AvgIpc) is 3.44. The molecule has 0 spiro atoms. The molecule has 2 amide bonds. The van der Waals surface area contributed by atoms with Crippen molar-refractivity contribution >= 4 is 30.2 Å². The van der Waals surface area contributed by atoms with Crippen molar-refractivity contribution < 1.29 is 19.5 Å². The number of fused-ring (bicyclic) bond motifs is 1. The smallest absolute Gasteiger partial charge is 0.320 e. The SMILES string of the molecule is Cl.O=C(O)C1CC2CCCCC2N1CC(=O)N1CCN(C(=O)C2CC2)CC1. The third-order valence-electron chi connectivity index (χ3n) is 6.69. The number of rotatable bonds is 4. The number of aliphatic carboxylic acids is 1. The normalized spacial score (nSPS) is 31.2. The van der Waals surface area contributed by atoms with Gasteiger partial charge >= 0.3 is 5.97 Å². The lowest BCUT2D eigenvalue weighted by Gasteiger charge is -2.37. The Balaban J connectivity index is 0.00000210. The summed E-state index contributed by atoms with van der Waals surface area (Å²) in [5.74, 6) is 0.104. The Morgan fingerprint density at radius 2 is 1.52 bits per heavy atom. The molecule has 2 saturated heterocycles. The molecule has 0 aromatic heterocycles. The first-order valence-electron chi connectivity index (χ1n) is 10.1. The number of nitrogens with zero attached hydrogens (tertiary/aromatic N) is 3. The van der Waals surface area contributed by atoms with Crippen LogP contribution in [0.25, 0.3) is 0 Å². The van der Waals surface area contributed by atoms with Crippen LogP contribution in [0.2, 0.25) is 0 Å². The zero-order valence-electron chi connectivity index (χ0n) is 15.7. The second-order valence-corrected chi connectivity index (χ2v) is 8.35. The number of piperazine rings is 1. The molecular formula is C19H30ClN3O4. The van der Waals surface area contributed by atoms with Crippen LogP contribution in [0, 0.1) is 11.8 Å². The summed E-state index contributed by atoms with van der Waals surface area (Å²) in [6, 6.07) is -0.281. The summed E-state index contributed by atoms with van der Waals surface area (Å²) in [7, 11) is 0. The molecule has 2 heterocycles. The van der Waals surface area contributed by atoms with Gasteiger partial charge in [-0.05, 0) is 38.0 Å². The highest BCUT2D eigenvalue weighted by Crippen LogP contribution is 2.39. The molecule has 7 nitrogen and oxygen atoms in total. The van der Waals surface area contributed by atoms with E-state index < -0.39 is 12.0 Å². The molecule has 4 aliphatic rings. The fourth-order valence-electron chi connectivity index (χ4n) is 5.04. The van der Waals surface area contributed by atoms with Crippen LogP contribution in [0.15, 0.2) is 0 Å². The minimum Gasteiger partial charge on any atom is -0.480 e. The van der Waals surface area contributed by atoms with E-state index in [1.807, 2.05) is 14.7 Å². The highest BCUT2D eigenvalue weighted by atomic mass is 35.5. The van der Waals surface area contributed by atoms with Gasteiger partial charge in [0.15, 0.2) is 0 Å². The second kappa shape index (κ2) is 8.35. The lowest BCUT2D eigenvalue weighted by Crippen LogP contribution is -2.54. The topological polar surface area (TPSA) is 81.2 Å². The first-order chi connectivity index (χ1) is 12.5. The molecule has 0 radical (unpaired) electrons. The van der Waals surface area contributed by atoms with Crippen molar-refractivity contribution in [3.05, 3.63) is 0 Å². The molecule has 0 aromatic rings. The van der Waals surface area contributed by atoms with E-state index in [0.717, 1.165) is 32.1 Å². The average molecular weight is 400 g/mol. The number of carboxylic acids is 1. The predicted molar refractivity (Wildman–Crippen MR) is 102 cm³/mol. The summed E-state index contributed by atoms with van der Waals surface area (Å²) in [5.41, 5.74) is 0. The highest BCUT2D eigenvalue weighted by Gasteiger charge is 2.46. The first kappa shape index (κ1) is 20.4. The van der Waals surface area contributed by atoms with E-state index in [0.29, 0.717) is 38.5 Å². The quantitative estimate of drug-likeness (QED) is 0.768. The van der Waals surface area contributed by atoms with Crippen molar-refractivity contribution in [1.82, 2.24) is 14.7 Å². The number of likely N-dealkylation sites (tertiary alicyclic amines) is 1. The zero-order chi connectivity index (χ0) is 18.3. The molecular weight excluding hydrogens is 370 g/mol. The van der Waals surface area contributed by atoms with E-state index in [1.54, 1.807) is 0 Å². The predicted octanol–water partition coefficient (Wildman–Crippen LogP) is 1.21. The van der Waals surface area contributed by atoms with Crippen molar-refractivity contribution in [2.24, 2.45) is 11.8 Å². The van der Waals surface area contributed by atoms with E-state index in [4.69, 9.17) is 0 Å². The molecule has 0 aromatic carbocycles. The van der Waals surface area contributed by atoms with Crippen LogP contribution < -0.4 is 0 Å². The van der Waals surface area contributed by atoms with Crippen molar-refractivity contribution in [3.63, 3.8) is 0 Å². The summed E-state index contributed by atoms with van der Waals surface area (Å²) in [5, 5.41) is 9.60. The number of carbonyl (C=O) groups is 3. The van der Waals surface area contributed by atoms with Gasteiger partial charge in [0.1, 0.15) is 6.04 Å². The summed E-state index contributed by atoms with van der Waals surface area (Å²) < 4.78 is 0. The molecule has 8 heteroatoms. The van der Waals surface area contributed by atoms with Gasteiger partial charge in [-0.15, -0.1) is 12.4 Å². The van der Waals surface area contributed by atoms with Crippen LogP contribution >= 0.6 is 12.4 Å². The molecule has 1 N–H and O–H groups in total. The van der Waals surface area contributed by atoms with E-state index in [9.17, 15) is 19.5 Å². The molecule has 3 unspecified atom stereocenters. The maximum atomic E-state index is 12.8. The standard InChI is InChI=1S/C19H29N3O4.ClH/c23-17(20-7-9-21(10-8-20)18(24)13-5-6-13)12-22-15-4-2-1-3-14(15)11-16(22)19(25)26;/h13-16H,1-12H2,(H,25,26);1H. The number of amides is 2. The summed E-state index contributed by atoms with van der Waals surface area (Å²) in [4.78, 5) is 42.3. The van der Waals surface area contributed by atoms with Gasteiger partial charge < -0.3 is 14.9 Å². The van der Waals surface area contributed by atoms with Crippen LogP contribution in [0.1, 0.15) is 44.9 Å². The van der Waals surface area contributed by atoms with Gasteiger partial charge in [0.05, 0.1) is 6.54 Å². The van der Waals surface area contributed by atoms with E-state index >= 15 is 0 Å². The van der Waals surface area contributed by atoms with Crippen LogP contribution in [0.4, 0.5) is 0 Å². The summed E-state index contributed by atoms with van der Waals surface area (Å²) in [6.45, 7) is 2.55. The second-order valence-electron chi connectivity index (χ2n) is 8.35. The first-order valence-corrected chi connectivity index (χ1v) is 10.1. The fraction of sp³-hybridized carbons (Fsp3) is 0.842. The van der Waals surface area contributed by atoms with Crippen LogP contribution in [0.3, 0.4) is 0 Å². The van der Waals surface area contributed by atoms with Crippen LogP contribution in [-0.2, 0) is 14.4 Å². The number of hydrogen-bond donors (Lipinski definition) is 1. The molecule has 27 heavy (non-hydrogen) atoms. The monoisotopic (exact) mass is 399 g/mol. The Labute approximate surface area is 166 Å². The minimum atomic E-state index is -0.799. The van der Waals surface area contributed by atoms with Crippen molar-refractivity contribution in [1.29, 1.82) is 0 Å². The maximum Gasteiger partial charge on any atom is 0.320 e. The highest BCUT2D eigenvalue weighted by molar-refractivity contribution is 5.85. The largest absolute Gasteiger partial charge is 0.480 e. The van der Waals surface area contributed by atoms with Crippen molar-refractivity contribution in [3.8, 4) is 0 Å². The van der Waals surface area contributed by atoms with Gasteiger partial charge in [0.25, 0.3) is 0 Å². The maximum absolute atomic E-state index is 12.8. The van der Waals surface area contributed by atoms with E-state index in [-0.39, 0.29) is 42.7 Å². The lowest BCUT2D eigenvalue weighted by molar-refractivity contribution is -0.146. The Morgan fingerprint density at radius 3 is 2.15 bits per heavy atom. The minimum absolute atomic E-state index is 0. The van der Waals surface area contributed by atoms with Crippen LogP contribution in [-0.4, -0.2) is 82.4 Å². The Hall–Kier alpha value is -1.34. The summed E-state index contributed by atoms with van der Waals surface area (Å²) >= 11 is 0. The number of hydrogen-bond acceptors (Lipinski definition) is 4. The van der Waals surface area contributed by atoms with E-state index in [2.05, 4.69) is 0 Å². The third kappa shape index (κ3) is 4.24. The number of carbonyl (C=O) groups excluding carboxylic acids is 2. The van der Waals surface area contributed by atoms with Crippen LogP contribution in [0.5, 0.6) is 0 Å². The van der Waals surface area contributed by atoms with Gasteiger partial charge in [0, 0.05) is 38.1 Å². The number of carboxylic acid groups (broad SMARTS) is 1. The van der Waals surface area contributed by atoms with Crippen molar-refractivity contribution in [2.45, 2.75) is 57.0 Å². The van der Waals surface area contributed by atoms with Gasteiger partial charge in [-0.2, -0.15) is 0 Å². The van der Waals surface area contributed by atoms with Gasteiger partial charge in [-0.3, -0.25) is 19.3 Å². The molecule has 152 valence electrons. The Morgan fingerprint density at radius 1 is 0.889 bits per heavy atom. The molecule has 2 aliphatic carbocycles. The molecule has 4 fully saturated rings. The van der Waals surface area contributed by atoms with Crippen molar-refractivity contribution in [2.75, 3.05) is 32.7 Å².